The maximum Gasteiger partial charge on any atom is 0.126 e. The monoisotopic (exact) mass is 288 g/mol. The number of benzene rings is 1. The summed E-state index contributed by atoms with van der Waals surface area (Å²) in [4.78, 5) is 3.95. The first kappa shape index (κ1) is 15.1. The minimum Gasteiger partial charge on any atom is -0.396 e. The van der Waals surface area contributed by atoms with Crippen LogP contribution in [0.5, 0.6) is 0 Å². The summed E-state index contributed by atoms with van der Waals surface area (Å²) in [6.45, 7) is -0.223. The van der Waals surface area contributed by atoms with Gasteiger partial charge in [-0.25, -0.2) is 8.78 Å². The quantitative estimate of drug-likeness (QED) is 0.919. The van der Waals surface area contributed by atoms with E-state index < -0.39 is 23.5 Å². The lowest BCUT2D eigenvalue weighted by Gasteiger charge is -2.22. The first-order valence-corrected chi connectivity index (χ1v) is 6.52. The molecule has 108 valence electrons. The molecule has 0 saturated heterocycles. The van der Waals surface area contributed by atoms with Gasteiger partial charge in [-0.05, 0) is 41.8 Å². The second-order valence-corrected chi connectivity index (χ2v) is 4.68. The molecule has 1 aromatic heterocycles. The summed E-state index contributed by atoms with van der Waals surface area (Å²) in [6.07, 6.45) is 3.25. The molecule has 0 aliphatic heterocycles. The van der Waals surface area contributed by atoms with Crippen LogP contribution in [0.4, 0.5) is 8.78 Å². The smallest absolute Gasteiger partial charge is 0.126 e. The predicted molar refractivity (Wildman–Crippen MR) is 73.4 cm³/mol. The number of nitrogens with zero attached hydrogens (tertiary/aromatic N) is 2. The first-order chi connectivity index (χ1) is 10.2. The van der Waals surface area contributed by atoms with Gasteiger partial charge in [0.2, 0.25) is 0 Å². The zero-order valence-corrected chi connectivity index (χ0v) is 11.2. The zero-order chi connectivity index (χ0) is 15.2. The topological polar surface area (TPSA) is 56.9 Å². The molecule has 2 rings (SSSR count). The third-order valence-corrected chi connectivity index (χ3v) is 3.38. The predicted octanol–water partition coefficient (Wildman–Crippen LogP) is 3.13. The van der Waals surface area contributed by atoms with Crippen LogP contribution in [0, 0.1) is 23.0 Å². The highest BCUT2D eigenvalue weighted by molar-refractivity contribution is 5.32. The third kappa shape index (κ3) is 3.41. The Morgan fingerprint density at radius 1 is 1.29 bits per heavy atom. The summed E-state index contributed by atoms with van der Waals surface area (Å²) < 4.78 is 27.4. The Kier molecular flexibility index (Phi) is 4.96. The molecule has 0 fully saturated rings. The minimum absolute atomic E-state index is 0.0967. The molecule has 0 amide bonds. The highest BCUT2D eigenvalue weighted by atomic mass is 19.1. The minimum atomic E-state index is -0.706. The van der Waals surface area contributed by atoms with Crippen molar-refractivity contribution in [2.45, 2.75) is 18.3 Å². The van der Waals surface area contributed by atoms with Gasteiger partial charge in [0.15, 0.2) is 0 Å². The molecule has 3 nitrogen and oxygen atoms in total. The molecule has 0 spiro atoms. The summed E-state index contributed by atoms with van der Waals surface area (Å²) in [5.74, 6) is -2.50. The highest BCUT2D eigenvalue weighted by Gasteiger charge is 2.27. The van der Waals surface area contributed by atoms with Gasteiger partial charge in [-0.15, -0.1) is 0 Å². The number of halogens is 2. The van der Waals surface area contributed by atoms with Gasteiger partial charge in [-0.3, -0.25) is 4.98 Å². The van der Waals surface area contributed by atoms with Gasteiger partial charge in [0, 0.05) is 24.9 Å². The third-order valence-electron chi connectivity index (χ3n) is 3.38. The van der Waals surface area contributed by atoms with Gasteiger partial charge >= 0.3 is 0 Å². The van der Waals surface area contributed by atoms with Crippen molar-refractivity contribution in [2.24, 2.45) is 0 Å². The number of hydrogen-bond acceptors (Lipinski definition) is 3. The second kappa shape index (κ2) is 6.91. The Morgan fingerprint density at radius 3 is 2.71 bits per heavy atom. The lowest BCUT2D eigenvalue weighted by Crippen LogP contribution is -2.14. The Bertz CT molecular complexity index is 640. The molecule has 0 bridgehead atoms. The van der Waals surface area contributed by atoms with Crippen molar-refractivity contribution >= 4 is 0 Å². The van der Waals surface area contributed by atoms with Crippen LogP contribution in [0.1, 0.15) is 29.4 Å². The van der Waals surface area contributed by atoms with E-state index in [1.165, 1.54) is 6.20 Å². The summed E-state index contributed by atoms with van der Waals surface area (Å²) in [5, 5.41) is 18.6. The van der Waals surface area contributed by atoms with Crippen molar-refractivity contribution in [2.75, 3.05) is 6.61 Å². The molecular weight excluding hydrogens is 274 g/mol. The molecule has 5 heteroatoms. The van der Waals surface area contributed by atoms with E-state index in [9.17, 15) is 19.1 Å². The average Bonchev–Trinajstić information content (AvgIpc) is 2.51. The number of aromatic nitrogens is 1. The Balaban J connectivity index is 2.47. The Morgan fingerprint density at radius 2 is 2.10 bits per heavy atom. The van der Waals surface area contributed by atoms with Gasteiger partial charge in [-0.2, -0.15) is 5.26 Å². The fraction of sp³-hybridized carbons (Fsp3) is 0.250. The van der Waals surface area contributed by atoms with Crippen LogP contribution in [0.15, 0.2) is 42.7 Å². The molecule has 0 unspecified atom stereocenters. The van der Waals surface area contributed by atoms with Crippen molar-refractivity contribution in [1.82, 2.24) is 4.98 Å². The number of pyridine rings is 1. The summed E-state index contributed by atoms with van der Waals surface area (Å²) in [5.41, 5.74) is 0.710. The molecule has 2 aromatic rings. The lowest BCUT2D eigenvalue weighted by molar-refractivity contribution is 0.270. The second-order valence-electron chi connectivity index (χ2n) is 4.68. The van der Waals surface area contributed by atoms with Gasteiger partial charge in [0.1, 0.15) is 11.6 Å². The molecule has 0 radical (unpaired) electrons. The molecular formula is C16H14F2N2O. The Labute approximate surface area is 121 Å². The van der Waals surface area contributed by atoms with E-state index >= 15 is 0 Å². The normalized spacial score (nSPS) is 13.4. The van der Waals surface area contributed by atoms with Crippen LogP contribution >= 0.6 is 0 Å². The Hall–Kier alpha value is -2.32. The van der Waals surface area contributed by atoms with Gasteiger partial charge in [0.25, 0.3) is 0 Å². The molecule has 21 heavy (non-hydrogen) atoms. The molecule has 2 atom stereocenters. The molecule has 1 aromatic carbocycles. The number of nitriles is 1. The maximum absolute atomic E-state index is 14.0. The van der Waals surface area contributed by atoms with Crippen molar-refractivity contribution in [1.29, 1.82) is 5.26 Å². The van der Waals surface area contributed by atoms with Gasteiger partial charge < -0.3 is 5.11 Å². The van der Waals surface area contributed by atoms with E-state index in [-0.39, 0.29) is 18.6 Å². The van der Waals surface area contributed by atoms with Crippen LogP contribution in [0.3, 0.4) is 0 Å². The molecule has 0 aliphatic rings. The number of aliphatic hydroxyl groups excluding tert-OH is 1. The molecule has 0 aliphatic carbocycles. The molecule has 1 heterocycles. The first-order valence-electron chi connectivity index (χ1n) is 6.52. The van der Waals surface area contributed by atoms with Crippen LogP contribution in [-0.4, -0.2) is 16.7 Å². The van der Waals surface area contributed by atoms with E-state index in [1.54, 1.807) is 18.3 Å². The number of aliphatic hydroxyl groups is 1. The van der Waals surface area contributed by atoms with Crippen LogP contribution in [-0.2, 0) is 0 Å². The lowest BCUT2D eigenvalue weighted by atomic mass is 9.80. The molecule has 0 saturated carbocycles. The summed E-state index contributed by atoms with van der Waals surface area (Å²) in [6, 6.07) is 8.64. The SMILES string of the molecule is N#C[C@H](c1cccnc1)[C@@H](CCO)c1cc(F)ccc1F. The fourth-order valence-electron chi connectivity index (χ4n) is 2.40. The van der Waals surface area contributed by atoms with Crippen molar-refractivity contribution in [3.8, 4) is 6.07 Å². The average molecular weight is 288 g/mol. The van der Waals surface area contributed by atoms with Crippen molar-refractivity contribution < 1.29 is 13.9 Å². The standard InChI is InChI=1S/C16H14F2N2O/c17-12-3-4-16(18)14(8-12)13(5-7-21)15(9-19)11-2-1-6-20-10-11/h1-4,6,8,10,13,15,21H,5,7H2/t13-,15+/m0/s1. The van der Waals surface area contributed by atoms with Crippen LogP contribution < -0.4 is 0 Å². The van der Waals surface area contributed by atoms with E-state index in [0.29, 0.717) is 5.56 Å². The van der Waals surface area contributed by atoms with E-state index in [4.69, 9.17) is 0 Å². The van der Waals surface area contributed by atoms with E-state index in [2.05, 4.69) is 11.1 Å². The number of rotatable bonds is 5. The van der Waals surface area contributed by atoms with E-state index in [1.807, 2.05) is 0 Å². The fourth-order valence-corrected chi connectivity index (χ4v) is 2.40. The van der Waals surface area contributed by atoms with Crippen molar-refractivity contribution in [3.63, 3.8) is 0 Å². The van der Waals surface area contributed by atoms with Gasteiger partial charge in [-0.1, -0.05) is 6.07 Å². The van der Waals surface area contributed by atoms with Crippen LogP contribution in [0.25, 0.3) is 0 Å². The summed E-state index contributed by atoms with van der Waals surface area (Å²) in [7, 11) is 0. The zero-order valence-electron chi connectivity index (χ0n) is 11.2. The highest BCUT2D eigenvalue weighted by Crippen LogP contribution is 2.36. The largest absolute Gasteiger partial charge is 0.396 e. The molecule has 1 N–H and O–H groups in total. The summed E-state index contributed by atoms with van der Waals surface area (Å²) >= 11 is 0. The van der Waals surface area contributed by atoms with Crippen molar-refractivity contribution in [3.05, 3.63) is 65.5 Å². The van der Waals surface area contributed by atoms with Crippen LogP contribution in [0.2, 0.25) is 0 Å². The van der Waals surface area contributed by atoms with Gasteiger partial charge in [0.05, 0.1) is 12.0 Å². The number of hydrogen-bond donors (Lipinski definition) is 1. The van der Waals surface area contributed by atoms with E-state index in [0.717, 1.165) is 18.2 Å². The maximum atomic E-state index is 14.0.